The number of ether oxygens (including phenoxy) is 2. The number of halogens is 4. The summed E-state index contributed by atoms with van der Waals surface area (Å²) in [7, 11) is 0. The number of thiophene rings is 1. The minimum Gasteiger partial charge on any atom is -0.487 e. The highest BCUT2D eigenvalue weighted by Gasteiger charge is 2.35. The average molecular weight is 899 g/mol. The Bertz CT molecular complexity index is 2130. The van der Waals surface area contributed by atoms with Crippen LogP contribution in [0, 0.1) is 7.14 Å². The van der Waals surface area contributed by atoms with Gasteiger partial charge in [0.2, 0.25) is 0 Å². The van der Waals surface area contributed by atoms with Gasteiger partial charge < -0.3 is 9.47 Å². The van der Waals surface area contributed by atoms with E-state index in [1.54, 1.807) is 23.6 Å². The summed E-state index contributed by atoms with van der Waals surface area (Å²) in [5, 5.41) is 2.99. The van der Waals surface area contributed by atoms with Crippen molar-refractivity contribution in [2.24, 2.45) is 4.99 Å². The molecule has 2 aromatic heterocycles. The standard InChI is InChI=1S/C33H22Cl2I2N2O4S2/c1-2-42-32(41)27-28(18-7-4-3-5-8-18)38-33-39(29(27)25-9-6-12-44-25)31(40)26(45-33)14-20-13-22(36)16-24(37)30(20)43-17-19-10-11-21(34)15-23(19)35/h3-16,29H,2,17H2,1H3/b26-14-/t29-/m1/s1. The molecule has 6 rings (SSSR count). The lowest BCUT2D eigenvalue weighted by Gasteiger charge is -2.24. The molecule has 45 heavy (non-hydrogen) atoms. The lowest BCUT2D eigenvalue weighted by atomic mass is 9.97. The molecule has 1 aliphatic heterocycles. The number of nitrogens with zero attached hydrogens (tertiary/aromatic N) is 2. The lowest BCUT2D eigenvalue weighted by Crippen LogP contribution is -2.39. The Labute approximate surface area is 303 Å². The highest BCUT2D eigenvalue weighted by molar-refractivity contribution is 14.1. The molecule has 228 valence electrons. The molecule has 6 nitrogen and oxygen atoms in total. The maximum atomic E-state index is 14.3. The van der Waals surface area contributed by atoms with Crippen LogP contribution in [0.15, 0.2) is 93.5 Å². The monoisotopic (exact) mass is 898 g/mol. The molecule has 1 aliphatic rings. The van der Waals surface area contributed by atoms with E-state index in [4.69, 9.17) is 37.7 Å². The van der Waals surface area contributed by atoms with E-state index in [1.807, 2.05) is 72.1 Å². The summed E-state index contributed by atoms with van der Waals surface area (Å²) in [5.41, 5.74) is 2.86. The Morgan fingerprint density at radius 1 is 1.07 bits per heavy atom. The number of aromatic nitrogens is 1. The molecule has 0 fully saturated rings. The molecule has 0 spiro atoms. The molecule has 0 saturated heterocycles. The van der Waals surface area contributed by atoms with Crippen LogP contribution < -0.4 is 19.6 Å². The molecular weight excluding hydrogens is 877 g/mol. The molecule has 0 saturated carbocycles. The van der Waals surface area contributed by atoms with Gasteiger partial charge in [-0.25, -0.2) is 9.79 Å². The summed E-state index contributed by atoms with van der Waals surface area (Å²) in [6.45, 7) is 2.18. The van der Waals surface area contributed by atoms with Crippen molar-refractivity contribution in [3.63, 3.8) is 0 Å². The summed E-state index contributed by atoms with van der Waals surface area (Å²) in [4.78, 5) is 34.1. The molecule has 0 radical (unpaired) electrons. The summed E-state index contributed by atoms with van der Waals surface area (Å²) in [6.07, 6.45) is 1.83. The van der Waals surface area contributed by atoms with E-state index >= 15 is 0 Å². The van der Waals surface area contributed by atoms with Gasteiger partial charge in [-0.2, -0.15) is 0 Å². The fourth-order valence-electron chi connectivity index (χ4n) is 4.93. The summed E-state index contributed by atoms with van der Waals surface area (Å²) < 4.78 is 15.8. The van der Waals surface area contributed by atoms with Crippen LogP contribution in [0.5, 0.6) is 5.75 Å². The maximum absolute atomic E-state index is 14.3. The zero-order valence-electron chi connectivity index (χ0n) is 23.4. The zero-order valence-corrected chi connectivity index (χ0v) is 30.9. The molecular formula is C33H22Cl2I2N2O4S2. The predicted molar refractivity (Wildman–Crippen MR) is 198 cm³/mol. The number of fused-ring (bicyclic) bond motifs is 1. The first kappa shape index (κ1) is 32.5. The van der Waals surface area contributed by atoms with E-state index in [1.165, 1.54) is 22.7 Å². The first-order valence-corrected chi connectivity index (χ1v) is 18.2. The van der Waals surface area contributed by atoms with Crippen LogP contribution in [-0.4, -0.2) is 17.1 Å². The van der Waals surface area contributed by atoms with E-state index in [2.05, 4.69) is 45.2 Å². The number of hydrogen-bond acceptors (Lipinski definition) is 7. The molecule has 5 aromatic rings. The van der Waals surface area contributed by atoms with Gasteiger partial charge in [-0.1, -0.05) is 77.0 Å². The second-order valence-corrected chi connectivity index (χ2v) is 15.0. The fraction of sp³-hybridized carbons (Fsp3) is 0.121. The van der Waals surface area contributed by atoms with Gasteiger partial charge in [0.1, 0.15) is 18.4 Å². The number of hydrogen-bond donors (Lipinski definition) is 0. The second kappa shape index (κ2) is 14.1. The van der Waals surface area contributed by atoms with E-state index in [-0.39, 0.29) is 18.8 Å². The van der Waals surface area contributed by atoms with Crippen molar-refractivity contribution in [1.82, 2.24) is 4.57 Å². The Morgan fingerprint density at radius 3 is 2.58 bits per heavy atom. The van der Waals surface area contributed by atoms with Crippen molar-refractivity contribution < 1.29 is 14.3 Å². The second-order valence-electron chi connectivity index (χ2n) is 9.78. The third kappa shape index (κ3) is 6.82. The molecule has 0 bridgehead atoms. The van der Waals surface area contributed by atoms with Gasteiger partial charge in [0.15, 0.2) is 4.80 Å². The lowest BCUT2D eigenvalue weighted by molar-refractivity contribution is -0.138. The van der Waals surface area contributed by atoms with Crippen molar-refractivity contribution >= 4 is 109 Å². The normalized spacial score (nSPS) is 14.7. The van der Waals surface area contributed by atoms with E-state index in [9.17, 15) is 9.59 Å². The molecule has 0 unspecified atom stereocenters. The molecule has 3 aromatic carbocycles. The highest BCUT2D eigenvalue weighted by Crippen LogP contribution is 2.37. The highest BCUT2D eigenvalue weighted by atomic mass is 127. The van der Waals surface area contributed by atoms with Gasteiger partial charge in [-0.3, -0.25) is 9.36 Å². The van der Waals surface area contributed by atoms with Crippen molar-refractivity contribution in [2.75, 3.05) is 6.61 Å². The van der Waals surface area contributed by atoms with E-state index in [0.29, 0.717) is 36.4 Å². The summed E-state index contributed by atoms with van der Waals surface area (Å²) >= 11 is 19.7. The summed E-state index contributed by atoms with van der Waals surface area (Å²) in [5.74, 6) is 0.122. The minimum absolute atomic E-state index is 0.196. The Balaban J connectivity index is 1.53. The van der Waals surface area contributed by atoms with Crippen LogP contribution in [0.1, 0.15) is 34.5 Å². The number of carbonyl (C=O) groups is 1. The van der Waals surface area contributed by atoms with Crippen LogP contribution in [0.2, 0.25) is 10.0 Å². The number of esters is 1. The molecule has 0 aliphatic carbocycles. The molecule has 12 heteroatoms. The number of carbonyl (C=O) groups excluding carboxylic acids is 1. The van der Waals surface area contributed by atoms with Gasteiger partial charge in [-0.15, -0.1) is 11.3 Å². The van der Waals surface area contributed by atoms with Gasteiger partial charge in [0.05, 0.1) is 26.0 Å². The number of benzene rings is 3. The minimum atomic E-state index is -0.698. The van der Waals surface area contributed by atoms with Crippen LogP contribution >= 0.6 is 91.1 Å². The average Bonchev–Trinajstić information content (AvgIpc) is 3.65. The molecule has 3 heterocycles. The van der Waals surface area contributed by atoms with Gasteiger partial charge in [-0.05, 0) is 93.9 Å². The first-order valence-electron chi connectivity index (χ1n) is 13.6. The Kier molecular flexibility index (Phi) is 10.2. The van der Waals surface area contributed by atoms with Crippen molar-refractivity contribution in [3.8, 4) is 5.75 Å². The van der Waals surface area contributed by atoms with Gasteiger partial charge in [0, 0.05) is 35.2 Å². The smallest absolute Gasteiger partial charge is 0.338 e. The quantitative estimate of drug-likeness (QED) is 0.117. The van der Waals surface area contributed by atoms with Crippen LogP contribution in [0.25, 0.3) is 11.8 Å². The summed E-state index contributed by atoms with van der Waals surface area (Å²) in [6, 6.07) is 21.9. The zero-order chi connectivity index (χ0) is 31.7. The van der Waals surface area contributed by atoms with E-state index in [0.717, 1.165) is 28.7 Å². The first-order chi connectivity index (χ1) is 21.7. The molecule has 0 N–H and O–H groups in total. The fourth-order valence-corrected chi connectivity index (χ4v) is 9.25. The van der Waals surface area contributed by atoms with Crippen molar-refractivity contribution in [1.29, 1.82) is 0 Å². The third-order valence-electron chi connectivity index (χ3n) is 6.90. The van der Waals surface area contributed by atoms with Crippen LogP contribution in [0.4, 0.5) is 0 Å². The third-order valence-corrected chi connectivity index (χ3v) is 10.8. The van der Waals surface area contributed by atoms with Crippen LogP contribution in [0.3, 0.4) is 0 Å². The van der Waals surface area contributed by atoms with Crippen molar-refractivity contribution in [2.45, 2.75) is 19.6 Å². The largest absolute Gasteiger partial charge is 0.487 e. The van der Waals surface area contributed by atoms with Crippen LogP contribution in [-0.2, 0) is 16.1 Å². The van der Waals surface area contributed by atoms with Crippen molar-refractivity contribution in [3.05, 3.63) is 142 Å². The molecule has 1 atom stereocenters. The number of thiazole rings is 1. The topological polar surface area (TPSA) is 69.9 Å². The predicted octanol–water partition coefficient (Wildman–Crippen LogP) is 8.09. The van der Waals surface area contributed by atoms with Gasteiger partial charge >= 0.3 is 5.97 Å². The SMILES string of the molecule is CCOC(=O)C1=C(c2ccccc2)N=c2s/c(=C\c3cc(I)cc(I)c3OCc3ccc(Cl)cc3Cl)c(=O)n2[C@@H]1c1cccs1. The maximum Gasteiger partial charge on any atom is 0.338 e. The number of rotatable bonds is 8. The molecule has 0 amide bonds. The Morgan fingerprint density at radius 2 is 1.87 bits per heavy atom. The van der Waals surface area contributed by atoms with Gasteiger partial charge in [0.25, 0.3) is 5.56 Å². The Hall–Kier alpha value is -2.49. The van der Waals surface area contributed by atoms with E-state index < -0.39 is 12.0 Å².